The predicted octanol–water partition coefficient (Wildman–Crippen LogP) is 1.26. The van der Waals surface area contributed by atoms with Gasteiger partial charge in [-0.05, 0) is 39.8 Å². The lowest BCUT2D eigenvalue weighted by molar-refractivity contribution is -0.133. The molecule has 9 nitrogen and oxygen atoms in total. The molecule has 1 aliphatic heterocycles. The van der Waals surface area contributed by atoms with Gasteiger partial charge in [0.25, 0.3) is 5.56 Å². The average molecular weight is 416 g/mol. The maximum Gasteiger partial charge on any atom is 0.410 e. The van der Waals surface area contributed by atoms with Crippen molar-refractivity contribution in [3.05, 3.63) is 45.1 Å². The zero-order valence-corrected chi connectivity index (χ0v) is 17.9. The molecule has 1 aliphatic rings. The van der Waals surface area contributed by atoms with Crippen molar-refractivity contribution in [2.45, 2.75) is 46.4 Å². The number of para-hydroxylation sites is 1. The Kier molecular flexibility index (Phi) is 6.00. The fourth-order valence-electron chi connectivity index (χ4n) is 3.50. The van der Waals surface area contributed by atoms with Gasteiger partial charge in [0.2, 0.25) is 5.91 Å². The van der Waals surface area contributed by atoms with E-state index >= 15 is 0 Å². The van der Waals surface area contributed by atoms with Gasteiger partial charge < -0.3 is 14.5 Å². The van der Waals surface area contributed by atoms with Gasteiger partial charge in [-0.15, -0.1) is 0 Å². The number of rotatable bonds is 3. The molecule has 0 spiro atoms. The first-order chi connectivity index (χ1) is 14.1. The van der Waals surface area contributed by atoms with Gasteiger partial charge >= 0.3 is 11.8 Å². The summed E-state index contributed by atoms with van der Waals surface area (Å²) in [6, 6.07) is 6.80. The number of carbonyl (C=O) groups is 2. The lowest BCUT2D eigenvalue weighted by atomic mass is 10.2. The molecule has 2 amide bonds. The summed E-state index contributed by atoms with van der Waals surface area (Å²) >= 11 is 0. The minimum absolute atomic E-state index is 0.161. The molecule has 30 heavy (non-hydrogen) atoms. The highest BCUT2D eigenvalue weighted by Crippen LogP contribution is 2.13. The van der Waals surface area contributed by atoms with Crippen molar-refractivity contribution in [2.75, 3.05) is 26.2 Å². The zero-order valence-electron chi connectivity index (χ0n) is 17.9. The number of aromatic nitrogens is 2. The maximum absolute atomic E-state index is 12.9. The van der Waals surface area contributed by atoms with Crippen molar-refractivity contribution in [1.82, 2.24) is 18.9 Å². The Bertz CT molecular complexity index is 1070. The van der Waals surface area contributed by atoms with Gasteiger partial charge in [0.1, 0.15) is 12.1 Å². The summed E-state index contributed by atoms with van der Waals surface area (Å²) in [5, 5.41) is 0.404. The van der Waals surface area contributed by atoms with Crippen molar-refractivity contribution in [1.29, 1.82) is 0 Å². The standard InChI is InChI=1S/C21H28N4O5/c1-5-24-18(27)15-8-6-7-9-16(15)25(19(24)28)14-17(26)22-10-12-23(13-11-22)20(29)30-21(2,3)4/h6-9H,5,10-14H2,1-4H3. The smallest absolute Gasteiger partial charge is 0.410 e. The topological polar surface area (TPSA) is 93.9 Å². The van der Waals surface area contributed by atoms with E-state index in [1.807, 2.05) is 20.8 Å². The van der Waals surface area contributed by atoms with Gasteiger partial charge in [0.15, 0.2) is 0 Å². The van der Waals surface area contributed by atoms with E-state index in [1.54, 1.807) is 41.0 Å². The molecule has 0 aliphatic carbocycles. The van der Waals surface area contributed by atoms with E-state index in [0.29, 0.717) is 37.1 Å². The van der Waals surface area contributed by atoms with E-state index in [4.69, 9.17) is 4.74 Å². The quantitative estimate of drug-likeness (QED) is 0.751. The second-order valence-electron chi connectivity index (χ2n) is 8.28. The van der Waals surface area contributed by atoms with Crippen molar-refractivity contribution >= 4 is 22.9 Å². The van der Waals surface area contributed by atoms with E-state index in [0.717, 1.165) is 4.57 Å². The Morgan fingerprint density at radius 2 is 1.57 bits per heavy atom. The average Bonchev–Trinajstić information content (AvgIpc) is 2.70. The van der Waals surface area contributed by atoms with Crippen LogP contribution < -0.4 is 11.2 Å². The molecule has 3 rings (SSSR count). The summed E-state index contributed by atoms with van der Waals surface area (Å²) < 4.78 is 7.86. The lowest BCUT2D eigenvalue weighted by Crippen LogP contribution is -2.53. The fraction of sp³-hybridized carbons (Fsp3) is 0.524. The van der Waals surface area contributed by atoms with Crippen molar-refractivity contribution in [3.8, 4) is 0 Å². The third-order valence-electron chi connectivity index (χ3n) is 5.03. The molecule has 0 N–H and O–H groups in total. The first-order valence-corrected chi connectivity index (χ1v) is 10.1. The molecule has 2 aromatic rings. The Labute approximate surface area is 174 Å². The molecule has 1 saturated heterocycles. The van der Waals surface area contributed by atoms with Crippen molar-refractivity contribution in [3.63, 3.8) is 0 Å². The van der Waals surface area contributed by atoms with E-state index < -0.39 is 17.4 Å². The Morgan fingerprint density at radius 1 is 0.967 bits per heavy atom. The molecule has 0 bridgehead atoms. The van der Waals surface area contributed by atoms with Crippen LogP contribution in [0.3, 0.4) is 0 Å². The molecule has 162 valence electrons. The van der Waals surface area contributed by atoms with Crippen LogP contribution >= 0.6 is 0 Å². The van der Waals surface area contributed by atoms with E-state index in [1.165, 1.54) is 4.57 Å². The normalized spacial score (nSPS) is 14.8. The van der Waals surface area contributed by atoms with E-state index in [2.05, 4.69) is 0 Å². The van der Waals surface area contributed by atoms with Gasteiger partial charge in [-0.2, -0.15) is 0 Å². The Hall–Kier alpha value is -3.10. The molecule has 0 radical (unpaired) electrons. The number of fused-ring (bicyclic) bond motifs is 1. The molecule has 1 aromatic carbocycles. The highest BCUT2D eigenvalue weighted by Gasteiger charge is 2.28. The zero-order chi connectivity index (χ0) is 22.1. The largest absolute Gasteiger partial charge is 0.444 e. The van der Waals surface area contributed by atoms with Crippen LogP contribution in [0.1, 0.15) is 27.7 Å². The number of carbonyl (C=O) groups excluding carboxylic acids is 2. The molecule has 0 saturated carbocycles. The maximum atomic E-state index is 12.9. The highest BCUT2D eigenvalue weighted by molar-refractivity contribution is 5.82. The first-order valence-electron chi connectivity index (χ1n) is 10.1. The summed E-state index contributed by atoms with van der Waals surface area (Å²) in [6.07, 6.45) is -0.396. The van der Waals surface area contributed by atoms with Gasteiger partial charge in [0.05, 0.1) is 10.9 Å². The molecule has 1 fully saturated rings. The summed E-state index contributed by atoms with van der Waals surface area (Å²) in [6.45, 7) is 8.66. The highest BCUT2D eigenvalue weighted by atomic mass is 16.6. The molecular formula is C21H28N4O5. The van der Waals surface area contributed by atoms with Crippen LogP contribution in [0.25, 0.3) is 10.9 Å². The van der Waals surface area contributed by atoms with Crippen LogP contribution in [0.2, 0.25) is 0 Å². The third-order valence-corrected chi connectivity index (χ3v) is 5.03. The monoisotopic (exact) mass is 416 g/mol. The molecule has 1 aromatic heterocycles. The van der Waals surface area contributed by atoms with Crippen molar-refractivity contribution < 1.29 is 14.3 Å². The lowest BCUT2D eigenvalue weighted by Gasteiger charge is -2.35. The van der Waals surface area contributed by atoms with Crippen LogP contribution in [0, 0.1) is 0 Å². The van der Waals surface area contributed by atoms with Crippen LogP contribution in [0.5, 0.6) is 0 Å². The molecule has 2 heterocycles. The van der Waals surface area contributed by atoms with Gasteiger partial charge in [0, 0.05) is 32.7 Å². The van der Waals surface area contributed by atoms with Crippen LogP contribution in [0.15, 0.2) is 33.9 Å². The second kappa shape index (κ2) is 8.33. The second-order valence-corrected chi connectivity index (χ2v) is 8.28. The third kappa shape index (κ3) is 4.39. The van der Waals surface area contributed by atoms with Crippen molar-refractivity contribution in [2.24, 2.45) is 0 Å². The minimum Gasteiger partial charge on any atom is -0.444 e. The van der Waals surface area contributed by atoms with Gasteiger partial charge in [-0.3, -0.25) is 18.7 Å². The van der Waals surface area contributed by atoms with E-state index in [-0.39, 0.29) is 24.6 Å². The fourth-order valence-corrected chi connectivity index (χ4v) is 3.50. The SMILES string of the molecule is CCn1c(=O)c2ccccc2n(CC(=O)N2CCN(C(=O)OC(C)(C)C)CC2)c1=O. The number of hydrogen-bond donors (Lipinski definition) is 0. The van der Waals surface area contributed by atoms with Crippen LogP contribution in [-0.2, 0) is 22.6 Å². The van der Waals surface area contributed by atoms with Gasteiger partial charge in [-0.25, -0.2) is 9.59 Å². The molecule has 9 heteroatoms. The predicted molar refractivity (Wildman–Crippen MR) is 113 cm³/mol. The number of piperazine rings is 1. The summed E-state index contributed by atoms with van der Waals surface area (Å²) in [5.74, 6) is -0.229. The summed E-state index contributed by atoms with van der Waals surface area (Å²) in [5.41, 5.74) is -0.984. The number of hydrogen-bond acceptors (Lipinski definition) is 5. The summed E-state index contributed by atoms with van der Waals surface area (Å²) in [7, 11) is 0. The number of ether oxygens (including phenoxy) is 1. The molecule has 0 atom stereocenters. The van der Waals surface area contributed by atoms with E-state index in [9.17, 15) is 19.2 Å². The van der Waals surface area contributed by atoms with Crippen LogP contribution in [0.4, 0.5) is 4.79 Å². The first kappa shape index (κ1) is 21.6. The number of amides is 2. The molecular weight excluding hydrogens is 388 g/mol. The minimum atomic E-state index is -0.575. The number of benzene rings is 1. The number of nitrogens with zero attached hydrogens (tertiary/aromatic N) is 4. The summed E-state index contributed by atoms with van der Waals surface area (Å²) in [4.78, 5) is 53.6. The van der Waals surface area contributed by atoms with Gasteiger partial charge in [-0.1, -0.05) is 12.1 Å². The Balaban J connectivity index is 1.77. The molecule has 0 unspecified atom stereocenters. The van der Waals surface area contributed by atoms with Crippen LogP contribution in [-0.4, -0.2) is 62.7 Å². The Morgan fingerprint density at radius 3 is 2.17 bits per heavy atom.